The number of pyridine rings is 1. The summed E-state index contributed by atoms with van der Waals surface area (Å²) in [6, 6.07) is 35.1. The second-order valence-electron chi connectivity index (χ2n) is 10.4. The lowest BCUT2D eigenvalue weighted by molar-refractivity contribution is 0.193. The van der Waals surface area contributed by atoms with Crippen molar-refractivity contribution in [2.45, 2.75) is 32.1 Å². The summed E-state index contributed by atoms with van der Waals surface area (Å²) in [5, 5.41) is 14.5. The first-order valence-electron chi connectivity index (χ1n) is 14.1. The summed E-state index contributed by atoms with van der Waals surface area (Å²) < 4.78 is 7.29. The van der Waals surface area contributed by atoms with Crippen LogP contribution in [-0.4, -0.2) is 37.2 Å². The van der Waals surface area contributed by atoms with Crippen LogP contribution in [0.1, 0.15) is 34.1 Å². The normalized spacial score (nSPS) is 12.1. The van der Waals surface area contributed by atoms with Crippen LogP contribution in [0.25, 0.3) is 10.9 Å². The third kappa shape index (κ3) is 6.51. The minimum atomic E-state index is -0.596. The maximum Gasteiger partial charge on any atom is 0.253 e. The van der Waals surface area contributed by atoms with Crippen LogP contribution in [0.2, 0.25) is 5.02 Å². The number of aryl methyl sites for hydroxylation is 2. The molecule has 216 valence electrons. The van der Waals surface area contributed by atoms with Crippen LogP contribution in [-0.2, 0) is 26.1 Å². The van der Waals surface area contributed by atoms with Crippen LogP contribution in [0.4, 0.5) is 0 Å². The highest BCUT2D eigenvalue weighted by Crippen LogP contribution is 2.32. The molecule has 0 aliphatic carbocycles. The average molecular weight is 591 g/mol. The molecule has 0 amide bonds. The molecule has 0 spiro atoms. The highest BCUT2D eigenvalue weighted by molar-refractivity contribution is 6.31. The maximum atomic E-state index is 13.9. The van der Waals surface area contributed by atoms with E-state index in [1.165, 1.54) is 5.56 Å². The van der Waals surface area contributed by atoms with E-state index >= 15 is 0 Å². The third-order valence-corrected chi connectivity index (χ3v) is 7.93. The Bertz CT molecular complexity index is 1870. The molecule has 1 N–H and O–H groups in total. The second kappa shape index (κ2) is 13.0. The van der Waals surface area contributed by atoms with Gasteiger partial charge in [-0.25, -0.2) is 4.68 Å². The van der Waals surface area contributed by atoms with Gasteiger partial charge in [0.2, 0.25) is 0 Å². The molecule has 1 atom stereocenters. The van der Waals surface area contributed by atoms with Crippen molar-refractivity contribution in [3.8, 4) is 5.75 Å². The van der Waals surface area contributed by atoms with E-state index in [9.17, 15) is 4.79 Å². The first kappa shape index (κ1) is 28.3. The van der Waals surface area contributed by atoms with Crippen molar-refractivity contribution in [1.82, 2.24) is 30.1 Å². The van der Waals surface area contributed by atoms with Gasteiger partial charge in [-0.15, -0.1) is 5.10 Å². The van der Waals surface area contributed by atoms with Gasteiger partial charge in [-0.05, 0) is 63.9 Å². The molecule has 0 bridgehead atoms. The lowest BCUT2D eigenvalue weighted by Gasteiger charge is -2.31. The number of methoxy groups -OCH3 is 1. The predicted octanol–water partition coefficient (Wildman–Crippen LogP) is 6.21. The van der Waals surface area contributed by atoms with Gasteiger partial charge in [-0.1, -0.05) is 90.5 Å². The molecule has 0 radical (unpaired) electrons. The Morgan fingerprint density at radius 3 is 2.35 bits per heavy atom. The first-order chi connectivity index (χ1) is 21.1. The number of ether oxygens (including phenoxy) is 1. The van der Waals surface area contributed by atoms with Crippen LogP contribution < -0.4 is 10.3 Å². The van der Waals surface area contributed by atoms with Crippen molar-refractivity contribution in [3.63, 3.8) is 0 Å². The number of rotatable bonds is 11. The van der Waals surface area contributed by atoms with Crippen LogP contribution in [0.5, 0.6) is 5.75 Å². The monoisotopic (exact) mass is 590 g/mol. The average Bonchev–Trinajstić information content (AvgIpc) is 3.50. The summed E-state index contributed by atoms with van der Waals surface area (Å²) in [7, 11) is 1.63. The van der Waals surface area contributed by atoms with Crippen molar-refractivity contribution in [3.05, 3.63) is 153 Å². The number of H-pyrrole nitrogens is 1. The molecule has 0 fully saturated rings. The van der Waals surface area contributed by atoms with Gasteiger partial charge in [-0.3, -0.25) is 9.69 Å². The Morgan fingerprint density at radius 1 is 0.884 bits per heavy atom. The molecule has 6 aromatic rings. The summed E-state index contributed by atoms with van der Waals surface area (Å²) in [6.45, 7) is 1.53. The summed E-state index contributed by atoms with van der Waals surface area (Å²) in [5.74, 6) is 1.28. The van der Waals surface area contributed by atoms with Gasteiger partial charge in [0.05, 0.1) is 7.11 Å². The first-order valence-corrected chi connectivity index (χ1v) is 14.5. The van der Waals surface area contributed by atoms with E-state index in [1.54, 1.807) is 11.8 Å². The van der Waals surface area contributed by atoms with Crippen LogP contribution >= 0.6 is 11.6 Å². The van der Waals surface area contributed by atoms with Crippen molar-refractivity contribution < 1.29 is 4.74 Å². The summed E-state index contributed by atoms with van der Waals surface area (Å²) >= 11 is 6.68. The molecule has 2 aromatic heterocycles. The number of hydrogen-bond donors (Lipinski definition) is 1. The number of halogens is 1. The Labute approximate surface area is 254 Å². The molecule has 0 unspecified atom stereocenters. The molecule has 2 heterocycles. The van der Waals surface area contributed by atoms with Crippen molar-refractivity contribution >= 4 is 22.5 Å². The topological polar surface area (TPSA) is 88.9 Å². The highest BCUT2D eigenvalue weighted by Gasteiger charge is 2.31. The lowest BCUT2D eigenvalue weighted by atomic mass is 10.0. The van der Waals surface area contributed by atoms with Gasteiger partial charge in [0, 0.05) is 41.1 Å². The zero-order chi connectivity index (χ0) is 29.6. The third-order valence-electron chi connectivity index (χ3n) is 7.56. The number of nitrogens with one attached hydrogen (secondary N) is 1. The molecule has 8 nitrogen and oxygen atoms in total. The summed E-state index contributed by atoms with van der Waals surface area (Å²) in [5.41, 5.74) is 4.23. The number of hydrogen-bond acceptors (Lipinski definition) is 6. The van der Waals surface area contributed by atoms with Gasteiger partial charge in [0.15, 0.2) is 5.82 Å². The number of aromatic amines is 1. The summed E-state index contributed by atoms with van der Waals surface area (Å²) in [4.78, 5) is 19.2. The van der Waals surface area contributed by atoms with Gasteiger partial charge < -0.3 is 9.72 Å². The molecular formula is C34H31ClN6O2. The molecule has 0 saturated carbocycles. The van der Waals surface area contributed by atoms with E-state index < -0.39 is 6.04 Å². The number of benzene rings is 4. The second-order valence-corrected chi connectivity index (χ2v) is 10.8. The van der Waals surface area contributed by atoms with Gasteiger partial charge in [0.1, 0.15) is 11.8 Å². The molecule has 43 heavy (non-hydrogen) atoms. The Hall–Kier alpha value is -4.79. The smallest absolute Gasteiger partial charge is 0.253 e. The molecule has 0 aliphatic rings. The van der Waals surface area contributed by atoms with E-state index in [4.69, 9.17) is 16.3 Å². The largest absolute Gasteiger partial charge is 0.497 e. The number of nitrogens with zero attached hydrogens (tertiary/aromatic N) is 5. The minimum Gasteiger partial charge on any atom is -0.497 e. The Balaban J connectivity index is 1.50. The van der Waals surface area contributed by atoms with E-state index in [1.807, 2.05) is 84.9 Å². The SMILES string of the molecule is COc1ccc2[nH]c(=O)c([C@@H](c3nnnn3CCc3ccccc3)N(Cc3ccccc3)Cc3ccccc3Cl)cc2c1. The molecule has 6 rings (SSSR count). The fourth-order valence-corrected chi connectivity index (χ4v) is 5.57. The van der Waals surface area contributed by atoms with E-state index in [-0.39, 0.29) is 5.56 Å². The van der Waals surface area contributed by atoms with E-state index in [2.05, 4.69) is 49.7 Å². The van der Waals surface area contributed by atoms with Crippen LogP contribution in [0.15, 0.2) is 114 Å². The van der Waals surface area contributed by atoms with Gasteiger partial charge >= 0.3 is 0 Å². The number of aromatic nitrogens is 5. The predicted molar refractivity (Wildman–Crippen MR) is 168 cm³/mol. The summed E-state index contributed by atoms with van der Waals surface area (Å²) in [6.07, 6.45) is 0.736. The van der Waals surface area contributed by atoms with Crippen molar-refractivity contribution in [2.75, 3.05) is 7.11 Å². The minimum absolute atomic E-state index is 0.211. The molecular weight excluding hydrogens is 560 g/mol. The Kier molecular flexibility index (Phi) is 8.58. The van der Waals surface area contributed by atoms with E-state index in [0.717, 1.165) is 28.5 Å². The Morgan fingerprint density at radius 2 is 1.60 bits per heavy atom. The molecule has 4 aromatic carbocycles. The fraction of sp³-hybridized carbons (Fsp3) is 0.176. The van der Waals surface area contributed by atoms with Crippen LogP contribution in [0.3, 0.4) is 0 Å². The quantitative estimate of drug-likeness (QED) is 0.193. The standard InChI is InChI=1S/C34H31ClN6O2/c1-43-28-16-17-31-27(20-28)21-29(34(42)36-31)32(33-37-38-39-41(33)19-18-24-10-4-2-5-11-24)40(22-25-12-6-3-7-13-25)23-26-14-8-9-15-30(26)35/h2-17,20-21,32H,18-19,22-23H2,1H3,(H,36,42)/t32-/m0/s1. The van der Waals surface area contributed by atoms with Crippen LogP contribution in [0, 0.1) is 0 Å². The zero-order valence-corrected chi connectivity index (χ0v) is 24.5. The lowest BCUT2D eigenvalue weighted by Crippen LogP contribution is -2.35. The van der Waals surface area contributed by atoms with E-state index in [0.29, 0.717) is 41.8 Å². The number of tetrazole rings is 1. The fourth-order valence-electron chi connectivity index (χ4n) is 5.38. The van der Waals surface area contributed by atoms with Gasteiger partial charge in [-0.2, -0.15) is 0 Å². The van der Waals surface area contributed by atoms with Crippen molar-refractivity contribution in [2.24, 2.45) is 0 Å². The number of fused-ring (bicyclic) bond motifs is 1. The molecule has 0 aliphatic heterocycles. The highest BCUT2D eigenvalue weighted by atomic mass is 35.5. The molecule has 0 saturated heterocycles. The molecule has 9 heteroatoms. The van der Waals surface area contributed by atoms with Gasteiger partial charge in [0.25, 0.3) is 5.56 Å². The maximum absolute atomic E-state index is 13.9. The van der Waals surface area contributed by atoms with Crippen molar-refractivity contribution in [1.29, 1.82) is 0 Å². The zero-order valence-electron chi connectivity index (χ0n) is 23.7.